The molecule has 0 bridgehead atoms. The van der Waals surface area contributed by atoms with Crippen molar-refractivity contribution in [3.05, 3.63) is 59.2 Å². The molecule has 150 valence electrons. The maximum atomic E-state index is 13.0. The van der Waals surface area contributed by atoms with Gasteiger partial charge in [-0.25, -0.2) is 0 Å². The van der Waals surface area contributed by atoms with Gasteiger partial charge in [0.15, 0.2) is 0 Å². The second-order valence-electron chi connectivity index (χ2n) is 7.67. The topological polar surface area (TPSA) is 60.9 Å². The molecular weight excluding hydrogens is 366 g/mol. The van der Waals surface area contributed by atoms with Crippen LogP contribution in [0.4, 0.5) is 11.4 Å². The van der Waals surface area contributed by atoms with Crippen LogP contribution in [0.25, 0.3) is 0 Å². The van der Waals surface area contributed by atoms with Gasteiger partial charge in [-0.15, -0.1) is 0 Å². The van der Waals surface area contributed by atoms with Crippen molar-refractivity contribution in [2.24, 2.45) is 0 Å². The van der Waals surface area contributed by atoms with Gasteiger partial charge in [0.05, 0.1) is 5.69 Å². The number of rotatable bonds is 3. The van der Waals surface area contributed by atoms with Crippen molar-refractivity contribution in [3.8, 4) is 0 Å². The van der Waals surface area contributed by atoms with E-state index in [0.29, 0.717) is 24.3 Å². The lowest BCUT2D eigenvalue weighted by molar-refractivity contribution is -0.121. The van der Waals surface area contributed by atoms with Crippen LogP contribution < -0.4 is 9.80 Å². The Labute approximate surface area is 170 Å². The number of nitrogens with zero attached hydrogens (tertiary/aromatic N) is 3. The molecule has 0 unspecified atom stereocenters. The Morgan fingerprint density at radius 1 is 0.862 bits per heavy atom. The van der Waals surface area contributed by atoms with Crippen molar-refractivity contribution in [2.45, 2.75) is 26.7 Å². The predicted molar refractivity (Wildman–Crippen MR) is 112 cm³/mol. The lowest BCUT2D eigenvalue weighted by atomic mass is 10.1. The molecule has 2 aliphatic rings. The van der Waals surface area contributed by atoms with Crippen molar-refractivity contribution in [2.75, 3.05) is 36.0 Å². The summed E-state index contributed by atoms with van der Waals surface area (Å²) in [6.07, 6.45) is 0.467. The maximum absolute atomic E-state index is 13.0. The Kier molecular flexibility index (Phi) is 5.09. The fourth-order valence-corrected chi connectivity index (χ4v) is 4.05. The number of hydrogen-bond acceptors (Lipinski definition) is 4. The molecule has 2 fully saturated rings. The smallest absolute Gasteiger partial charge is 0.254 e. The second kappa shape index (κ2) is 7.70. The normalized spacial score (nSPS) is 17.2. The molecular formula is C23H25N3O3. The summed E-state index contributed by atoms with van der Waals surface area (Å²) < 4.78 is 0. The molecule has 0 saturated carbocycles. The van der Waals surface area contributed by atoms with Crippen molar-refractivity contribution in [3.63, 3.8) is 0 Å². The fraction of sp³-hybridized carbons (Fsp3) is 0.348. The molecule has 4 rings (SSSR count). The minimum atomic E-state index is -0.207. The predicted octanol–water partition coefficient (Wildman–Crippen LogP) is 2.92. The van der Waals surface area contributed by atoms with E-state index >= 15 is 0 Å². The van der Waals surface area contributed by atoms with Crippen LogP contribution in [0, 0.1) is 13.8 Å². The molecule has 6 heteroatoms. The minimum Gasteiger partial charge on any atom is -0.368 e. The van der Waals surface area contributed by atoms with Crippen LogP contribution in [0.15, 0.2) is 42.5 Å². The van der Waals surface area contributed by atoms with Gasteiger partial charge in [-0.2, -0.15) is 0 Å². The number of aryl methyl sites for hydroxylation is 1. The highest BCUT2D eigenvalue weighted by Crippen LogP contribution is 2.26. The highest BCUT2D eigenvalue weighted by molar-refractivity contribution is 6.20. The van der Waals surface area contributed by atoms with E-state index in [2.05, 4.69) is 36.9 Å². The first kappa shape index (κ1) is 19.2. The van der Waals surface area contributed by atoms with E-state index in [9.17, 15) is 14.4 Å². The van der Waals surface area contributed by atoms with Crippen molar-refractivity contribution in [1.29, 1.82) is 0 Å². The first-order chi connectivity index (χ1) is 14.0. The lowest BCUT2D eigenvalue weighted by Gasteiger charge is -2.37. The highest BCUT2D eigenvalue weighted by atomic mass is 16.2. The molecule has 2 aromatic rings. The summed E-state index contributed by atoms with van der Waals surface area (Å²) in [7, 11) is 0. The first-order valence-electron chi connectivity index (χ1n) is 10.0. The van der Waals surface area contributed by atoms with Crippen LogP contribution in [0.1, 0.15) is 34.3 Å². The molecule has 0 spiro atoms. The molecule has 0 radical (unpaired) electrons. The number of piperazine rings is 1. The molecule has 0 atom stereocenters. The van der Waals surface area contributed by atoms with E-state index in [1.807, 2.05) is 4.90 Å². The van der Waals surface area contributed by atoms with Gasteiger partial charge in [0.1, 0.15) is 0 Å². The van der Waals surface area contributed by atoms with Gasteiger partial charge in [-0.3, -0.25) is 19.3 Å². The third kappa shape index (κ3) is 3.62. The second-order valence-corrected chi connectivity index (χ2v) is 7.67. The molecule has 0 aromatic heterocycles. The Morgan fingerprint density at radius 2 is 1.52 bits per heavy atom. The van der Waals surface area contributed by atoms with Crippen LogP contribution in [-0.4, -0.2) is 48.8 Å². The summed E-state index contributed by atoms with van der Waals surface area (Å²) in [6.45, 7) is 7.07. The van der Waals surface area contributed by atoms with E-state index in [4.69, 9.17) is 0 Å². The summed E-state index contributed by atoms with van der Waals surface area (Å²) in [4.78, 5) is 42.4. The monoisotopic (exact) mass is 391 g/mol. The van der Waals surface area contributed by atoms with Gasteiger partial charge in [0.2, 0.25) is 11.8 Å². The van der Waals surface area contributed by atoms with Gasteiger partial charge in [-0.05, 0) is 49.2 Å². The number of amides is 3. The van der Waals surface area contributed by atoms with Crippen molar-refractivity contribution >= 4 is 29.1 Å². The average molecular weight is 391 g/mol. The van der Waals surface area contributed by atoms with E-state index in [-0.39, 0.29) is 30.6 Å². The van der Waals surface area contributed by atoms with Gasteiger partial charge >= 0.3 is 0 Å². The Balaban J connectivity index is 1.46. The number of benzene rings is 2. The first-order valence-corrected chi connectivity index (χ1v) is 10.0. The highest BCUT2D eigenvalue weighted by Gasteiger charge is 2.31. The summed E-state index contributed by atoms with van der Waals surface area (Å²) in [6, 6.07) is 13.1. The number of hydrogen-bond donors (Lipinski definition) is 0. The minimum absolute atomic E-state index is 0.0634. The average Bonchev–Trinajstić information content (AvgIpc) is 3.08. The summed E-state index contributed by atoms with van der Waals surface area (Å²) in [5, 5.41) is 0. The van der Waals surface area contributed by atoms with Crippen LogP contribution >= 0.6 is 0 Å². The zero-order chi connectivity index (χ0) is 20.5. The largest absolute Gasteiger partial charge is 0.368 e. The SMILES string of the molecule is Cc1cccc(N2CCN(C(=O)c3cccc(N4C(=O)CCC4=O)c3)CC2)c1C. The van der Waals surface area contributed by atoms with Crippen LogP contribution in [0.5, 0.6) is 0 Å². The Morgan fingerprint density at radius 3 is 2.21 bits per heavy atom. The molecule has 2 aliphatic heterocycles. The van der Waals surface area contributed by atoms with E-state index in [1.165, 1.54) is 21.7 Å². The third-order valence-electron chi connectivity index (χ3n) is 5.89. The van der Waals surface area contributed by atoms with Crippen LogP contribution in [-0.2, 0) is 9.59 Å². The Hall–Kier alpha value is -3.15. The molecule has 2 heterocycles. The van der Waals surface area contributed by atoms with Gasteiger partial charge in [-0.1, -0.05) is 18.2 Å². The Bertz CT molecular complexity index is 961. The number of imide groups is 1. The summed E-state index contributed by atoms with van der Waals surface area (Å²) in [5.74, 6) is -0.477. The number of carbonyl (C=O) groups excluding carboxylic acids is 3. The molecule has 0 aliphatic carbocycles. The van der Waals surface area contributed by atoms with Gasteiger partial charge in [0.25, 0.3) is 5.91 Å². The van der Waals surface area contributed by atoms with Crippen molar-refractivity contribution < 1.29 is 14.4 Å². The zero-order valence-electron chi connectivity index (χ0n) is 16.9. The fourth-order valence-electron chi connectivity index (χ4n) is 4.05. The number of carbonyl (C=O) groups is 3. The molecule has 6 nitrogen and oxygen atoms in total. The third-order valence-corrected chi connectivity index (χ3v) is 5.89. The van der Waals surface area contributed by atoms with E-state index in [0.717, 1.165) is 13.1 Å². The van der Waals surface area contributed by atoms with Gasteiger partial charge in [0, 0.05) is 50.3 Å². The van der Waals surface area contributed by atoms with E-state index in [1.54, 1.807) is 24.3 Å². The van der Waals surface area contributed by atoms with Crippen LogP contribution in [0.3, 0.4) is 0 Å². The molecule has 3 amide bonds. The molecule has 2 aromatic carbocycles. The van der Waals surface area contributed by atoms with Crippen LogP contribution in [0.2, 0.25) is 0 Å². The summed E-state index contributed by atoms with van der Waals surface area (Å²) in [5.41, 5.74) is 4.77. The molecule has 29 heavy (non-hydrogen) atoms. The lowest BCUT2D eigenvalue weighted by Crippen LogP contribution is -2.49. The molecule has 2 saturated heterocycles. The standard InChI is InChI=1S/C23H25N3O3/c1-16-5-3-8-20(17(16)2)24-11-13-25(14-12-24)23(29)18-6-4-7-19(15-18)26-21(27)9-10-22(26)28/h3-8,15H,9-14H2,1-2H3. The molecule has 0 N–H and O–H groups in total. The zero-order valence-corrected chi connectivity index (χ0v) is 16.9. The van der Waals surface area contributed by atoms with E-state index < -0.39 is 0 Å². The van der Waals surface area contributed by atoms with Gasteiger partial charge < -0.3 is 9.80 Å². The quantitative estimate of drug-likeness (QED) is 0.755. The summed E-state index contributed by atoms with van der Waals surface area (Å²) >= 11 is 0. The van der Waals surface area contributed by atoms with Crippen molar-refractivity contribution in [1.82, 2.24) is 4.90 Å². The number of anilines is 2. The maximum Gasteiger partial charge on any atom is 0.254 e.